The van der Waals surface area contributed by atoms with Crippen LogP contribution in [-0.4, -0.2) is 50.7 Å². The van der Waals surface area contributed by atoms with Crippen molar-refractivity contribution in [3.63, 3.8) is 0 Å². The standard InChI is InChI=1S/C12H18N6/c1-9-7-10(2)18-11(15-16-12(18)14-9)8-17-5-3-13-4-6-17/h7,13H,3-6,8H2,1-2H3. The van der Waals surface area contributed by atoms with Gasteiger partial charge < -0.3 is 5.32 Å². The Morgan fingerprint density at radius 3 is 2.78 bits per heavy atom. The summed E-state index contributed by atoms with van der Waals surface area (Å²) >= 11 is 0. The predicted octanol–water partition coefficient (Wildman–Crippen LogP) is 0.146. The summed E-state index contributed by atoms with van der Waals surface area (Å²) in [6.07, 6.45) is 0. The van der Waals surface area contributed by atoms with Crippen LogP contribution in [0.3, 0.4) is 0 Å². The van der Waals surface area contributed by atoms with E-state index in [1.807, 2.05) is 6.92 Å². The maximum atomic E-state index is 4.41. The van der Waals surface area contributed by atoms with Crippen molar-refractivity contribution in [3.05, 3.63) is 23.3 Å². The van der Waals surface area contributed by atoms with Crippen molar-refractivity contribution >= 4 is 5.78 Å². The molecule has 0 bridgehead atoms. The lowest BCUT2D eigenvalue weighted by molar-refractivity contribution is 0.227. The van der Waals surface area contributed by atoms with Crippen LogP contribution in [0.2, 0.25) is 0 Å². The Labute approximate surface area is 106 Å². The fourth-order valence-electron chi connectivity index (χ4n) is 2.47. The lowest BCUT2D eigenvalue weighted by Crippen LogP contribution is -2.43. The van der Waals surface area contributed by atoms with Gasteiger partial charge >= 0.3 is 0 Å². The maximum Gasteiger partial charge on any atom is 0.255 e. The van der Waals surface area contributed by atoms with Crippen LogP contribution >= 0.6 is 0 Å². The van der Waals surface area contributed by atoms with Crippen LogP contribution in [-0.2, 0) is 6.54 Å². The van der Waals surface area contributed by atoms with E-state index < -0.39 is 0 Å². The average molecular weight is 246 g/mol. The first-order chi connectivity index (χ1) is 8.74. The van der Waals surface area contributed by atoms with Gasteiger partial charge in [-0.2, -0.15) is 0 Å². The Balaban J connectivity index is 1.92. The Morgan fingerprint density at radius 2 is 2.00 bits per heavy atom. The summed E-state index contributed by atoms with van der Waals surface area (Å²) < 4.78 is 2.05. The summed E-state index contributed by atoms with van der Waals surface area (Å²) in [6.45, 7) is 9.12. The molecular formula is C12H18N6. The molecule has 1 aliphatic heterocycles. The molecule has 6 heteroatoms. The zero-order chi connectivity index (χ0) is 12.5. The van der Waals surface area contributed by atoms with E-state index in [4.69, 9.17) is 0 Å². The molecule has 1 aliphatic rings. The number of fused-ring (bicyclic) bond motifs is 1. The highest BCUT2D eigenvalue weighted by atomic mass is 15.3. The first-order valence-corrected chi connectivity index (χ1v) is 6.35. The number of hydrogen-bond donors (Lipinski definition) is 1. The Hall–Kier alpha value is -1.53. The Morgan fingerprint density at radius 1 is 1.22 bits per heavy atom. The van der Waals surface area contributed by atoms with Crippen molar-refractivity contribution in [1.29, 1.82) is 0 Å². The molecule has 0 atom stereocenters. The van der Waals surface area contributed by atoms with E-state index in [1.165, 1.54) is 0 Å². The van der Waals surface area contributed by atoms with E-state index in [9.17, 15) is 0 Å². The summed E-state index contributed by atoms with van der Waals surface area (Å²) in [7, 11) is 0. The Bertz CT molecular complexity index is 555. The number of nitrogens with one attached hydrogen (secondary N) is 1. The van der Waals surface area contributed by atoms with E-state index in [0.29, 0.717) is 5.78 Å². The third-order valence-electron chi connectivity index (χ3n) is 3.33. The molecular weight excluding hydrogens is 228 g/mol. The zero-order valence-electron chi connectivity index (χ0n) is 10.8. The average Bonchev–Trinajstić information content (AvgIpc) is 2.73. The fraction of sp³-hybridized carbons (Fsp3) is 0.583. The molecule has 6 nitrogen and oxygen atoms in total. The quantitative estimate of drug-likeness (QED) is 0.817. The van der Waals surface area contributed by atoms with Gasteiger partial charge in [0.2, 0.25) is 0 Å². The van der Waals surface area contributed by atoms with Gasteiger partial charge in [-0.15, -0.1) is 10.2 Å². The topological polar surface area (TPSA) is 58.4 Å². The van der Waals surface area contributed by atoms with Crippen molar-refractivity contribution in [2.45, 2.75) is 20.4 Å². The molecule has 2 aromatic heterocycles. The molecule has 2 aromatic rings. The van der Waals surface area contributed by atoms with Crippen LogP contribution in [0.1, 0.15) is 17.2 Å². The largest absolute Gasteiger partial charge is 0.314 e. The van der Waals surface area contributed by atoms with Crippen LogP contribution in [0.4, 0.5) is 0 Å². The van der Waals surface area contributed by atoms with Gasteiger partial charge in [0, 0.05) is 37.6 Å². The smallest absolute Gasteiger partial charge is 0.255 e. The van der Waals surface area contributed by atoms with Crippen molar-refractivity contribution in [1.82, 2.24) is 29.8 Å². The van der Waals surface area contributed by atoms with Gasteiger partial charge in [0.1, 0.15) is 0 Å². The summed E-state index contributed by atoms with van der Waals surface area (Å²) in [5.74, 6) is 1.69. The van der Waals surface area contributed by atoms with Crippen LogP contribution < -0.4 is 5.32 Å². The van der Waals surface area contributed by atoms with E-state index in [-0.39, 0.29) is 0 Å². The van der Waals surface area contributed by atoms with Gasteiger partial charge in [-0.05, 0) is 19.9 Å². The second kappa shape index (κ2) is 4.62. The van der Waals surface area contributed by atoms with Crippen molar-refractivity contribution in [2.24, 2.45) is 0 Å². The molecule has 0 aromatic carbocycles. The minimum absolute atomic E-state index is 0.706. The van der Waals surface area contributed by atoms with Gasteiger partial charge in [-0.25, -0.2) is 4.98 Å². The van der Waals surface area contributed by atoms with Gasteiger partial charge in [0.05, 0.1) is 6.54 Å². The molecule has 18 heavy (non-hydrogen) atoms. The summed E-state index contributed by atoms with van der Waals surface area (Å²) in [5, 5.41) is 11.8. The van der Waals surface area contributed by atoms with Crippen LogP contribution in [0.5, 0.6) is 0 Å². The molecule has 1 fully saturated rings. The highest BCUT2D eigenvalue weighted by molar-refractivity contribution is 5.32. The summed E-state index contributed by atoms with van der Waals surface area (Å²) in [5.41, 5.74) is 2.13. The number of aryl methyl sites for hydroxylation is 2. The molecule has 3 heterocycles. The van der Waals surface area contributed by atoms with Crippen molar-refractivity contribution in [2.75, 3.05) is 26.2 Å². The molecule has 0 radical (unpaired) electrons. The molecule has 96 valence electrons. The maximum absolute atomic E-state index is 4.41. The second-order valence-electron chi connectivity index (χ2n) is 4.82. The summed E-state index contributed by atoms with van der Waals surface area (Å²) in [4.78, 5) is 6.80. The Kier molecular flexibility index (Phi) is 2.97. The lowest BCUT2D eigenvalue weighted by atomic mass is 10.3. The van der Waals surface area contributed by atoms with Crippen LogP contribution in [0.25, 0.3) is 5.78 Å². The molecule has 3 rings (SSSR count). The van der Waals surface area contributed by atoms with E-state index in [0.717, 1.165) is 49.9 Å². The molecule has 0 unspecified atom stereocenters. The molecule has 1 saturated heterocycles. The van der Waals surface area contributed by atoms with Gasteiger partial charge in [0.15, 0.2) is 5.82 Å². The van der Waals surface area contributed by atoms with Crippen LogP contribution in [0, 0.1) is 13.8 Å². The number of hydrogen-bond acceptors (Lipinski definition) is 5. The third kappa shape index (κ3) is 2.09. The SMILES string of the molecule is Cc1cc(C)n2c(CN3CCNCC3)nnc2n1. The fourth-order valence-corrected chi connectivity index (χ4v) is 2.47. The van der Waals surface area contributed by atoms with E-state index in [2.05, 4.69) is 42.8 Å². The molecule has 0 spiro atoms. The summed E-state index contributed by atoms with van der Waals surface area (Å²) in [6, 6.07) is 2.07. The number of aromatic nitrogens is 4. The highest BCUT2D eigenvalue weighted by Gasteiger charge is 2.15. The molecule has 0 aliphatic carbocycles. The molecule has 1 N–H and O–H groups in total. The van der Waals surface area contributed by atoms with Crippen molar-refractivity contribution < 1.29 is 0 Å². The monoisotopic (exact) mass is 246 g/mol. The highest BCUT2D eigenvalue weighted by Crippen LogP contribution is 2.10. The minimum atomic E-state index is 0.706. The van der Waals surface area contributed by atoms with E-state index >= 15 is 0 Å². The zero-order valence-corrected chi connectivity index (χ0v) is 10.8. The number of nitrogens with zero attached hydrogens (tertiary/aromatic N) is 5. The predicted molar refractivity (Wildman–Crippen MR) is 68.4 cm³/mol. The number of piperazine rings is 1. The first kappa shape index (κ1) is 11.6. The molecule has 0 saturated carbocycles. The number of rotatable bonds is 2. The molecule has 0 amide bonds. The van der Waals surface area contributed by atoms with Crippen molar-refractivity contribution in [3.8, 4) is 0 Å². The van der Waals surface area contributed by atoms with Crippen LogP contribution in [0.15, 0.2) is 6.07 Å². The normalized spacial score (nSPS) is 17.4. The van der Waals surface area contributed by atoms with Gasteiger partial charge in [0.25, 0.3) is 5.78 Å². The van der Waals surface area contributed by atoms with E-state index in [1.54, 1.807) is 0 Å². The minimum Gasteiger partial charge on any atom is -0.314 e. The van der Waals surface area contributed by atoms with Gasteiger partial charge in [-0.3, -0.25) is 9.30 Å². The third-order valence-corrected chi connectivity index (χ3v) is 3.33. The lowest BCUT2D eigenvalue weighted by Gasteiger charge is -2.26. The first-order valence-electron chi connectivity index (χ1n) is 6.35. The van der Waals surface area contributed by atoms with Gasteiger partial charge in [-0.1, -0.05) is 0 Å². The second-order valence-corrected chi connectivity index (χ2v) is 4.82.